The number of carbonyl (C=O) groups excluding carboxylic acids is 1. The van der Waals surface area contributed by atoms with Crippen LogP contribution in [0.2, 0.25) is 10.0 Å². The SMILES string of the molecule is CC1=C(C(N)=O)[C@@H](c2ccc(Cl)cc2Cl)n2nnnc2N1. The third-order valence-corrected chi connectivity index (χ3v) is 3.80. The standard InChI is InChI=1S/C12H10Cl2N6O/c1-5-9(11(15)21)10(20-12(16-5)17-18-19-20)7-3-2-6(13)4-8(7)14/h2-4,10H,1H3,(H2,15,21)(H,16,17,19)/t10-/m1/s1. The fourth-order valence-electron chi connectivity index (χ4n) is 2.34. The van der Waals surface area contributed by atoms with Crippen molar-refractivity contribution in [3.63, 3.8) is 0 Å². The topological polar surface area (TPSA) is 98.7 Å². The predicted octanol–water partition coefficient (Wildman–Crippen LogP) is 1.75. The van der Waals surface area contributed by atoms with Crippen molar-refractivity contribution in [3.05, 3.63) is 45.1 Å². The third kappa shape index (κ3) is 2.24. The highest BCUT2D eigenvalue weighted by Gasteiger charge is 2.34. The van der Waals surface area contributed by atoms with E-state index < -0.39 is 11.9 Å². The average molecular weight is 325 g/mol. The number of hydrogen-bond donors (Lipinski definition) is 2. The number of carbonyl (C=O) groups is 1. The highest BCUT2D eigenvalue weighted by molar-refractivity contribution is 6.35. The number of aromatic nitrogens is 4. The Morgan fingerprint density at radius 3 is 2.86 bits per heavy atom. The van der Waals surface area contributed by atoms with Crippen molar-refractivity contribution in [2.24, 2.45) is 5.73 Å². The molecule has 9 heteroatoms. The fourth-order valence-corrected chi connectivity index (χ4v) is 2.85. The molecule has 2 aromatic rings. The van der Waals surface area contributed by atoms with Gasteiger partial charge in [0.2, 0.25) is 11.9 Å². The van der Waals surface area contributed by atoms with Crippen LogP contribution in [0.4, 0.5) is 5.95 Å². The highest BCUT2D eigenvalue weighted by atomic mass is 35.5. The summed E-state index contributed by atoms with van der Waals surface area (Å²) < 4.78 is 1.46. The number of benzene rings is 1. The monoisotopic (exact) mass is 324 g/mol. The van der Waals surface area contributed by atoms with Crippen LogP contribution in [0.15, 0.2) is 29.5 Å². The minimum Gasteiger partial charge on any atom is -0.366 e. The van der Waals surface area contributed by atoms with E-state index >= 15 is 0 Å². The quantitative estimate of drug-likeness (QED) is 0.876. The lowest BCUT2D eigenvalue weighted by Crippen LogP contribution is -2.32. The number of fused-ring (bicyclic) bond motifs is 1. The van der Waals surface area contributed by atoms with Gasteiger partial charge in [0.15, 0.2) is 0 Å². The molecule has 0 radical (unpaired) electrons. The normalized spacial score (nSPS) is 17.4. The van der Waals surface area contributed by atoms with E-state index in [-0.39, 0.29) is 0 Å². The number of nitrogens with two attached hydrogens (primary N) is 1. The zero-order valence-corrected chi connectivity index (χ0v) is 12.4. The summed E-state index contributed by atoms with van der Waals surface area (Å²) in [6, 6.07) is 4.40. The van der Waals surface area contributed by atoms with Crippen molar-refractivity contribution in [3.8, 4) is 0 Å². The summed E-state index contributed by atoms with van der Waals surface area (Å²) >= 11 is 12.2. The van der Waals surface area contributed by atoms with Gasteiger partial charge in [-0.3, -0.25) is 4.79 Å². The molecule has 2 heterocycles. The largest absolute Gasteiger partial charge is 0.366 e. The molecule has 0 bridgehead atoms. The molecule has 7 nitrogen and oxygen atoms in total. The lowest BCUT2D eigenvalue weighted by molar-refractivity contribution is -0.115. The molecule has 0 aliphatic carbocycles. The van der Waals surface area contributed by atoms with Crippen molar-refractivity contribution in [2.75, 3.05) is 5.32 Å². The summed E-state index contributed by atoms with van der Waals surface area (Å²) in [4.78, 5) is 11.8. The maximum Gasteiger partial charge on any atom is 0.248 e. The van der Waals surface area contributed by atoms with E-state index in [1.807, 2.05) is 0 Å². The van der Waals surface area contributed by atoms with Crippen molar-refractivity contribution in [2.45, 2.75) is 13.0 Å². The number of nitrogens with one attached hydrogen (secondary N) is 1. The molecule has 1 amide bonds. The summed E-state index contributed by atoms with van der Waals surface area (Å²) in [6.07, 6.45) is 0. The van der Waals surface area contributed by atoms with Gasteiger partial charge < -0.3 is 11.1 Å². The Bertz CT molecular complexity index is 769. The summed E-state index contributed by atoms with van der Waals surface area (Å²) in [5.74, 6) is -0.161. The molecule has 0 saturated heterocycles. The van der Waals surface area contributed by atoms with E-state index in [4.69, 9.17) is 28.9 Å². The van der Waals surface area contributed by atoms with E-state index in [0.717, 1.165) is 0 Å². The van der Waals surface area contributed by atoms with Gasteiger partial charge in [0.1, 0.15) is 6.04 Å². The number of hydrogen-bond acceptors (Lipinski definition) is 5. The molecule has 0 spiro atoms. The van der Waals surface area contributed by atoms with Crippen LogP contribution >= 0.6 is 23.2 Å². The Morgan fingerprint density at radius 1 is 1.43 bits per heavy atom. The molecule has 1 aliphatic rings. The number of amides is 1. The molecule has 3 N–H and O–H groups in total. The van der Waals surface area contributed by atoms with Crippen LogP contribution in [-0.4, -0.2) is 26.1 Å². The van der Waals surface area contributed by atoms with Crippen LogP contribution in [0, 0.1) is 0 Å². The Hall–Kier alpha value is -2.12. The molecule has 1 aliphatic heterocycles. The highest BCUT2D eigenvalue weighted by Crippen LogP contribution is 2.37. The number of tetrazole rings is 1. The Kier molecular flexibility index (Phi) is 3.30. The van der Waals surface area contributed by atoms with Crippen LogP contribution in [0.25, 0.3) is 0 Å². The van der Waals surface area contributed by atoms with Crippen LogP contribution in [0.3, 0.4) is 0 Å². The second kappa shape index (κ2) is 5.01. The van der Waals surface area contributed by atoms with Crippen LogP contribution in [0.5, 0.6) is 0 Å². The van der Waals surface area contributed by atoms with Gasteiger partial charge in [0.25, 0.3) is 0 Å². The van der Waals surface area contributed by atoms with Crippen LogP contribution in [-0.2, 0) is 4.79 Å². The van der Waals surface area contributed by atoms with Gasteiger partial charge in [-0.2, -0.15) is 4.68 Å². The third-order valence-electron chi connectivity index (χ3n) is 3.24. The number of nitrogens with zero attached hydrogens (tertiary/aromatic N) is 4. The second-order valence-corrected chi connectivity index (χ2v) is 5.39. The molecule has 1 aromatic carbocycles. The Morgan fingerprint density at radius 2 is 2.19 bits per heavy atom. The Labute approximate surface area is 129 Å². The van der Waals surface area contributed by atoms with Gasteiger partial charge in [-0.25, -0.2) is 0 Å². The molecular weight excluding hydrogens is 315 g/mol. The molecule has 0 saturated carbocycles. The van der Waals surface area contributed by atoms with Gasteiger partial charge in [0, 0.05) is 21.3 Å². The maximum atomic E-state index is 11.8. The first kappa shape index (κ1) is 13.8. The van der Waals surface area contributed by atoms with Gasteiger partial charge >= 0.3 is 0 Å². The van der Waals surface area contributed by atoms with Crippen LogP contribution in [0.1, 0.15) is 18.5 Å². The van der Waals surface area contributed by atoms with Crippen molar-refractivity contribution in [1.82, 2.24) is 20.2 Å². The van der Waals surface area contributed by atoms with Crippen molar-refractivity contribution >= 4 is 35.1 Å². The zero-order chi connectivity index (χ0) is 15.1. The molecule has 0 unspecified atom stereocenters. The maximum absolute atomic E-state index is 11.8. The lowest BCUT2D eigenvalue weighted by atomic mass is 9.95. The molecule has 108 valence electrons. The molecule has 21 heavy (non-hydrogen) atoms. The average Bonchev–Trinajstić information content (AvgIpc) is 2.84. The number of allylic oxidation sites excluding steroid dienone is 1. The molecule has 1 aromatic heterocycles. The van der Waals surface area contributed by atoms with Gasteiger partial charge in [0.05, 0.1) is 5.57 Å². The van der Waals surface area contributed by atoms with Crippen LogP contribution < -0.4 is 11.1 Å². The van der Waals surface area contributed by atoms with E-state index in [2.05, 4.69) is 20.8 Å². The second-order valence-electron chi connectivity index (χ2n) is 4.54. The van der Waals surface area contributed by atoms with E-state index in [1.54, 1.807) is 25.1 Å². The number of rotatable bonds is 2. The number of halogens is 2. The summed E-state index contributed by atoms with van der Waals surface area (Å²) in [6.45, 7) is 1.73. The summed E-state index contributed by atoms with van der Waals surface area (Å²) in [7, 11) is 0. The summed E-state index contributed by atoms with van der Waals surface area (Å²) in [5.41, 5.74) is 7.08. The fraction of sp³-hybridized carbons (Fsp3) is 0.167. The molecule has 0 fully saturated rings. The van der Waals surface area contributed by atoms with E-state index in [9.17, 15) is 4.79 Å². The van der Waals surface area contributed by atoms with Gasteiger partial charge in [-0.05, 0) is 29.5 Å². The lowest BCUT2D eigenvalue weighted by Gasteiger charge is -2.27. The number of anilines is 1. The Balaban J connectivity index is 2.24. The molecule has 3 rings (SSSR count). The minimum absolute atomic E-state index is 0.346. The number of primary amides is 1. The summed E-state index contributed by atoms with van der Waals surface area (Å²) in [5, 5.41) is 15.2. The van der Waals surface area contributed by atoms with Gasteiger partial charge in [-0.15, -0.1) is 0 Å². The first-order chi connectivity index (χ1) is 9.99. The first-order valence-electron chi connectivity index (χ1n) is 5.99. The predicted molar refractivity (Wildman–Crippen MR) is 77.9 cm³/mol. The van der Waals surface area contributed by atoms with Crippen molar-refractivity contribution < 1.29 is 4.79 Å². The van der Waals surface area contributed by atoms with E-state index in [0.29, 0.717) is 32.8 Å². The smallest absolute Gasteiger partial charge is 0.248 e. The van der Waals surface area contributed by atoms with Crippen molar-refractivity contribution in [1.29, 1.82) is 0 Å². The minimum atomic E-state index is -0.599. The zero-order valence-electron chi connectivity index (χ0n) is 10.8. The van der Waals surface area contributed by atoms with E-state index in [1.165, 1.54) is 4.68 Å². The molecular formula is C12H10Cl2N6O. The first-order valence-corrected chi connectivity index (χ1v) is 6.75. The van der Waals surface area contributed by atoms with Gasteiger partial charge in [-0.1, -0.05) is 34.4 Å². The molecule has 1 atom stereocenters.